The molecule has 15 heavy (non-hydrogen) atoms. The number of hydrogen-bond acceptors (Lipinski definition) is 2. The van der Waals surface area contributed by atoms with Crippen LogP contribution >= 0.6 is 11.6 Å². The van der Waals surface area contributed by atoms with Crippen LogP contribution in [0, 0.1) is 32.1 Å². The van der Waals surface area contributed by atoms with E-state index >= 15 is 0 Å². The van der Waals surface area contributed by atoms with Crippen LogP contribution in [0.2, 0.25) is 0 Å². The fraction of sp³-hybridized carbons (Fsp3) is 0.417. The third-order valence-corrected chi connectivity index (χ3v) is 2.51. The molecule has 0 spiro atoms. The van der Waals surface area contributed by atoms with E-state index in [0.29, 0.717) is 0 Å². The number of hydrogen-bond donors (Lipinski definition) is 0. The summed E-state index contributed by atoms with van der Waals surface area (Å²) in [5, 5.41) is 7.94. The van der Waals surface area contributed by atoms with Gasteiger partial charge in [0, 0.05) is 0 Å². The van der Waals surface area contributed by atoms with Crippen LogP contribution in [-0.2, 0) is 0 Å². The van der Waals surface area contributed by atoms with Gasteiger partial charge in [-0.2, -0.15) is 5.26 Å². The van der Waals surface area contributed by atoms with E-state index in [9.17, 15) is 0 Å². The lowest BCUT2D eigenvalue weighted by molar-refractivity contribution is 0.326. The minimum absolute atomic E-state index is 0.224. The molecular weight excluding hydrogens is 210 g/mol. The highest BCUT2D eigenvalue weighted by Gasteiger charge is 2.07. The van der Waals surface area contributed by atoms with Crippen LogP contribution in [-0.4, -0.2) is 12.0 Å². The number of halogens is 1. The van der Waals surface area contributed by atoms with Crippen LogP contribution in [0.3, 0.4) is 0 Å². The number of nitrogens with zero attached hydrogens (tertiary/aromatic N) is 1. The zero-order valence-electron chi connectivity index (χ0n) is 9.17. The smallest absolute Gasteiger partial charge is 0.154 e. The van der Waals surface area contributed by atoms with Crippen molar-refractivity contribution in [3.05, 3.63) is 28.8 Å². The zero-order chi connectivity index (χ0) is 11.4. The van der Waals surface area contributed by atoms with E-state index in [1.165, 1.54) is 5.56 Å². The van der Waals surface area contributed by atoms with Gasteiger partial charge in [0.05, 0.1) is 6.07 Å². The highest BCUT2D eigenvalue weighted by molar-refractivity contribution is 6.22. The minimum Gasteiger partial charge on any atom is -0.491 e. The van der Waals surface area contributed by atoms with Crippen molar-refractivity contribution >= 4 is 11.6 Å². The predicted octanol–water partition coefficient (Wildman–Crippen LogP) is 3.12. The molecule has 1 rings (SSSR count). The average molecular weight is 224 g/mol. The quantitative estimate of drug-likeness (QED) is 0.738. The molecule has 1 unspecified atom stereocenters. The van der Waals surface area contributed by atoms with Gasteiger partial charge in [0.15, 0.2) is 5.38 Å². The number of ether oxygens (including phenoxy) is 1. The molecule has 1 aromatic rings. The van der Waals surface area contributed by atoms with E-state index in [-0.39, 0.29) is 6.61 Å². The maximum atomic E-state index is 8.53. The lowest BCUT2D eigenvalue weighted by Gasteiger charge is -2.12. The van der Waals surface area contributed by atoms with Crippen LogP contribution in [0.4, 0.5) is 0 Å². The molecule has 0 bridgehead atoms. The first kappa shape index (κ1) is 11.9. The Kier molecular flexibility index (Phi) is 3.99. The van der Waals surface area contributed by atoms with E-state index in [2.05, 4.69) is 6.07 Å². The highest BCUT2D eigenvalue weighted by Crippen LogP contribution is 2.23. The summed E-state index contributed by atoms with van der Waals surface area (Å²) in [6.07, 6.45) is 0. The molecule has 0 heterocycles. The van der Waals surface area contributed by atoms with Gasteiger partial charge in [0.1, 0.15) is 12.4 Å². The predicted molar refractivity (Wildman–Crippen MR) is 61.4 cm³/mol. The molecule has 0 aliphatic carbocycles. The van der Waals surface area contributed by atoms with Crippen molar-refractivity contribution in [1.29, 1.82) is 5.26 Å². The van der Waals surface area contributed by atoms with Gasteiger partial charge in [0.2, 0.25) is 0 Å². The number of aryl methyl sites for hydroxylation is 2. The van der Waals surface area contributed by atoms with Crippen molar-refractivity contribution < 1.29 is 4.74 Å². The van der Waals surface area contributed by atoms with Crippen LogP contribution in [0.1, 0.15) is 16.7 Å². The van der Waals surface area contributed by atoms with Gasteiger partial charge in [-0.15, -0.1) is 11.6 Å². The van der Waals surface area contributed by atoms with E-state index in [0.717, 1.165) is 16.9 Å². The third-order valence-electron chi connectivity index (χ3n) is 2.29. The van der Waals surface area contributed by atoms with Crippen molar-refractivity contribution in [2.45, 2.75) is 26.1 Å². The molecule has 0 aliphatic heterocycles. The first-order valence-electron chi connectivity index (χ1n) is 4.79. The van der Waals surface area contributed by atoms with Crippen LogP contribution < -0.4 is 4.74 Å². The molecule has 0 saturated carbocycles. The first-order valence-corrected chi connectivity index (χ1v) is 5.22. The topological polar surface area (TPSA) is 33.0 Å². The van der Waals surface area contributed by atoms with Gasteiger partial charge in [-0.25, -0.2) is 0 Å². The number of nitriles is 1. The van der Waals surface area contributed by atoms with Crippen molar-refractivity contribution in [3.8, 4) is 11.8 Å². The Hall–Kier alpha value is -1.20. The summed E-state index contributed by atoms with van der Waals surface area (Å²) in [6, 6.07) is 5.99. The van der Waals surface area contributed by atoms with Gasteiger partial charge in [-0.3, -0.25) is 0 Å². The Balaban J connectivity index is 2.82. The Morgan fingerprint density at radius 1 is 1.40 bits per heavy atom. The molecule has 0 saturated heterocycles. The standard InChI is InChI=1S/C12H14ClNO/c1-8-4-9(2)10(3)12(5-8)15-7-11(13)6-14/h4-5,11H,7H2,1-3H3. The van der Waals surface area contributed by atoms with Gasteiger partial charge >= 0.3 is 0 Å². The second-order valence-electron chi connectivity index (χ2n) is 3.61. The molecular formula is C12H14ClNO. The molecule has 0 N–H and O–H groups in total. The maximum Gasteiger partial charge on any atom is 0.154 e. The number of rotatable bonds is 3. The summed E-state index contributed by atoms with van der Waals surface area (Å²) in [5.41, 5.74) is 3.44. The second kappa shape index (κ2) is 5.04. The van der Waals surface area contributed by atoms with E-state index in [1.54, 1.807) is 0 Å². The molecule has 1 atom stereocenters. The van der Waals surface area contributed by atoms with Crippen molar-refractivity contribution in [3.63, 3.8) is 0 Å². The zero-order valence-corrected chi connectivity index (χ0v) is 9.93. The van der Waals surface area contributed by atoms with Crippen molar-refractivity contribution in [2.24, 2.45) is 0 Å². The summed E-state index contributed by atoms with van der Waals surface area (Å²) >= 11 is 5.66. The molecule has 3 heteroatoms. The van der Waals surface area contributed by atoms with Crippen molar-refractivity contribution in [2.75, 3.05) is 6.61 Å². The highest BCUT2D eigenvalue weighted by atomic mass is 35.5. The van der Waals surface area contributed by atoms with Crippen molar-refractivity contribution in [1.82, 2.24) is 0 Å². The van der Waals surface area contributed by atoms with Crippen LogP contribution in [0.15, 0.2) is 12.1 Å². The summed E-state index contributed by atoms with van der Waals surface area (Å²) < 4.78 is 5.50. The van der Waals surface area contributed by atoms with E-state index in [1.807, 2.05) is 32.9 Å². The molecule has 2 nitrogen and oxygen atoms in total. The normalized spacial score (nSPS) is 11.9. The maximum absolute atomic E-state index is 8.53. The Bertz CT molecular complexity index is 395. The van der Waals surface area contributed by atoms with Gasteiger partial charge < -0.3 is 4.74 Å². The van der Waals surface area contributed by atoms with E-state index < -0.39 is 5.38 Å². The van der Waals surface area contributed by atoms with E-state index in [4.69, 9.17) is 21.6 Å². The lowest BCUT2D eigenvalue weighted by atomic mass is 10.1. The second-order valence-corrected chi connectivity index (χ2v) is 4.14. The lowest BCUT2D eigenvalue weighted by Crippen LogP contribution is -2.10. The third kappa shape index (κ3) is 3.14. The Labute approximate surface area is 95.4 Å². The molecule has 0 fully saturated rings. The SMILES string of the molecule is Cc1cc(C)c(C)c(OCC(Cl)C#N)c1. The Morgan fingerprint density at radius 2 is 2.07 bits per heavy atom. The average Bonchev–Trinajstić information content (AvgIpc) is 2.20. The monoisotopic (exact) mass is 223 g/mol. The van der Waals surface area contributed by atoms with Crippen LogP contribution in [0.25, 0.3) is 0 Å². The fourth-order valence-electron chi connectivity index (χ4n) is 1.35. The fourth-order valence-corrected chi connectivity index (χ4v) is 1.41. The van der Waals surface area contributed by atoms with Gasteiger partial charge in [0.25, 0.3) is 0 Å². The number of alkyl halides is 1. The molecule has 0 aromatic heterocycles. The largest absolute Gasteiger partial charge is 0.491 e. The summed E-state index contributed by atoms with van der Waals surface area (Å²) in [4.78, 5) is 0. The Morgan fingerprint density at radius 3 is 2.67 bits per heavy atom. The van der Waals surface area contributed by atoms with Crippen LogP contribution in [0.5, 0.6) is 5.75 Å². The molecule has 80 valence electrons. The molecule has 0 aliphatic rings. The summed E-state index contributed by atoms with van der Waals surface area (Å²) in [6.45, 7) is 6.28. The molecule has 1 aromatic carbocycles. The van der Waals surface area contributed by atoms with Gasteiger partial charge in [-0.1, -0.05) is 6.07 Å². The molecule has 0 radical (unpaired) electrons. The minimum atomic E-state index is -0.592. The summed E-state index contributed by atoms with van der Waals surface area (Å²) in [5.74, 6) is 0.813. The summed E-state index contributed by atoms with van der Waals surface area (Å²) in [7, 11) is 0. The molecule has 0 amide bonds. The first-order chi connectivity index (χ1) is 7.04. The number of benzene rings is 1. The van der Waals surface area contributed by atoms with Gasteiger partial charge in [-0.05, 0) is 43.5 Å².